The second-order valence-corrected chi connectivity index (χ2v) is 2.77. The lowest BCUT2D eigenvalue weighted by Gasteiger charge is -2.04. The molecular formula is C8H16N2O4. The third-order valence-electron chi connectivity index (χ3n) is 1.72. The summed E-state index contributed by atoms with van der Waals surface area (Å²) >= 11 is 0. The molecule has 0 spiro atoms. The van der Waals surface area contributed by atoms with Crippen LogP contribution in [0.5, 0.6) is 0 Å². The van der Waals surface area contributed by atoms with Crippen LogP contribution in [0.2, 0.25) is 0 Å². The normalized spacial score (nSPS) is 19.4. The molecule has 1 aliphatic heterocycles. The summed E-state index contributed by atoms with van der Waals surface area (Å²) < 4.78 is 4.53. The van der Waals surface area contributed by atoms with Gasteiger partial charge in [0.1, 0.15) is 6.04 Å². The molecule has 0 aromatic heterocycles. The van der Waals surface area contributed by atoms with Crippen LogP contribution in [-0.2, 0) is 14.3 Å². The topological polar surface area (TPSA) is 102 Å². The Morgan fingerprint density at radius 3 is 2.50 bits per heavy atom. The van der Waals surface area contributed by atoms with Crippen LogP contribution in [0.3, 0.4) is 0 Å². The summed E-state index contributed by atoms with van der Waals surface area (Å²) in [4.78, 5) is 20.0. The third kappa shape index (κ3) is 5.50. The molecule has 1 atom stereocenters. The van der Waals surface area contributed by atoms with Gasteiger partial charge in [-0.3, -0.25) is 9.59 Å². The number of nitrogens with one attached hydrogen (secondary N) is 1. The molecule has 0 amide bonds. The molecule has 0 aromatic carbocycles. The molecule has 4 N–H and O–H groups in total. The third-order valence-corrected chi connectivity index (χ3v) is 1.72. The van der Waals surface area contributed by atoms with Gasteiger partial charge in [0, 0.05) is 0 Å². The SMILES string of the molecule is COC(=O)[C@@H]1CCCN1.NCC(=O)O. The molecule has 1 fully saturated rings. The summed E-state index contributed by atoms with van der Waals surface area (Å²) in [5, 5.41) is 10.6. The Labute approximate surface area is 82.4 Å². The maximum Gasteiger partial charge on any atom is 0.322 e. The fourth-order valence-corrected chi connectivity index (χ4v) is 1.03. The Balaban J connectivity index is 0.000000292. The van der Waals surface area contributed by atoms with Gasteiger partial charge in [-0.1, -0.05) is 0 Å². The molecule has 0 aromatic rings. The van der Waals surface area contributed by atoms with Crippen molar-refractivity contribution in [1.29, 1.82) is 0 Å². The molecule has 82 valence electrons. The molecule has 1 aliphatic rings. The highest BCUT2D eigenvalue weighted by atomic mass is 16.5. The van der Waals surface area contributed by atoms with Gasteiger partial charge in [-0.25, -0.2) is 0 Å². The minimum absolute atomic E-state index is 0.0324. The van der Waals surface area contributed by atoms with E-state index in [1.807, 2.05) is 0 Å². The number of aliphatic carboxylic acids is 1. The highest BCUT2D eigenvalue weighted by Crippen LogP contribution is 2.05. The Bertz CT molecular complexity index is 190. The molecule has 6 nitrogen and oxygen atoms in total. The van der Waals surface area contributed by atoms with Crippen LogP contribution in [0, 0.1) is 0 Å². The van der Waals surface area contributed by atoms with Crippen molar-refractivity contribution in [3.8, 4) is 0 Å². The van der Waals surface area contributed by atoms with Gasteiger partial charge >= 0.3 is 11.9 Å². The number of carboxylic acid groups (broad SMARTS) is 1. The quantitative estimate of drug-likeness (QED) is 0.496. The lowest BCUT2D eigenvalue weighted by atomic mass is 10.2. The highest BCUT2D eigenvalue weighted by Gasteiger charge is 2.21. The first kappa shape index (κ1) is 12.9. The first-order valence-corrected chi connectivity index (χ1v) is 4.35. The van der Waals surface area contributed by atoms with Gasteiger partial charge in [0.15, 0.2) is 0 Å². The van der Waals surface area contributed by atoms with E-state index < -0.39 is 5.97 Å². The number of hydrogen-bond donors (Lipinski definition) is 3. The van der Waals surface area contributed by atoms with Crippen LogP contribution in [0.25, 0.3) is 0 Å². The summed E-state index contributed by atoms with van der Waals surface area (Å²) in [6.07, 6.45) is 2.01. The number of nitrogens with two attached hydrogens (primary N) is 1. The van der Waals surface area contributed by atoms with Gasteiger partial charge in [0.2, 0.25) is 0 Å². The van der Waals surface area contributed by atoms with Gasteiger partial charge in [-0.2, -0.15) is 0 Å². The maximum atomic E-state index is 10.7. The van der Waals surface area contributed by atoms with Crippen LogP contribution < -0.4 is 11.1 Å². The standard InChI is InChI=1S/C6H11NO2.C2H5NO2/c1-9-6(8)5-3-2-4-7-5;3-1-2(4)5/h5,7H,2-4H2,1H3;1,3H2,(H,4,5)/t5-;/m0./s1. The van der Waals surface area contributed by atoms with Crippen LogP contribution in [-0.4, -0.2) is 43.3 Å². The number of hydrogen-bond acceptors (Lipinski definition) is 5. The first-order valence-electron chi connectivity index (χ1n) is 4.35. The summed E-state index contributed by atoms with van der Waals surface area (Å²) in [6.45, 7) is 0.666. The Morgan fingerprint density at radius 1 is 1.64 bits per heavy atom. The van der Waals surface area contributed by atoms with Crippen molar-refractivity contribution in [3.63, 3.8) is 0 Å². The van der Waals surface area contributed by atoms with Crippen molar-refractivity contribution < 1.29 is 19.4 Å². The minimum Gasteiger partial charge on any atom is -0.480 e. The highest BCUT2D eigenvalue weighted by molar-refractivity contribution is 5.75. The molecule has 0 radical (unpaired) electrons. The number of ether oxygens (including phenoxy) is 1. The Morgan fingerprint density at radius 2 is 2.21 bits per heavy atom. The van der Waals surface area contributed by atoms with E-state index in [1.54, 1.807) is 0 Å². The van der Waals surface area contributed by atoms with Crippen molar-refractivity contribution in [3.05, 3.63) is 0 Å². The van der Waals surface area contributed by atoms with Crippen molar-refractivity contribution in [2.45, 2.75) is 18.9 Å². The molecular weight excluding hydrogens is 188 g/mol. The average Bonchev–Trinajstić information content (AvgIpc) is 2.70. The van der Waals surface area contributed by atoms with E-state index in [9.17, 15) is 9.59 Å². The summed E-state index contributed by atoms with van der Waals surface area (Å²) in [5.74, 6) is -1.10. The van der Waals surface area contributed by atoms with Crippen LogP contribution >= 0.6 is 0 Å². The minimum atomic E-state index is -0.968. The number of carbonyl (C=O) groups excluding carboxylic acids is 1. The summed E-state index contributed by atoms with van der Waals surface area (Å²) in [7, 11) is 1.42. The van der Waals surface area contributed by atoms with Gasteiger partial charge in [-0.15, -0.1) is 0 Å². The number of carbonyl (C=O) groups is 2. The zero-order chi connectivity index (χ0) is 11.0. The largest absolute Gasteiger partial charge is 0.480 e. The zero-order valence-electron chi connectivity index (χ0n) is 8.16. The molecule has 1 rings (SSSR count). The van der Waals surface area contributed by atoms with E-state index in [4.69, 9.17) is 5.11 Å². The van der Waals surface area contributed by atoms with Crippen LogP contribution in [0.1, 0.15) is 12.8 Å². The maximum absolute atomic E-state index is 10.7. The molecule has 14 heavy (non-hydrogen) atoms. The zero-order valence-corrected chi connectivity index (χ0v) is 8.16. The van der Waals surface area contributed by atoms with E-state index in [-0.39, 0.29) is 18.6 Å². The number of rotatable bonds is 2. The van der Waals surface area contributed by atoms with Crippen LogP contribution in [0.4, 0.5) is 0 Å². The Hall–Kier alpha value is -1.14. The number of methoxy groups -OCH3 is 1. The van der Waals surface area contributed by atoms with Crippen molar-refractivity contribution in [2.75, 3.05) is 20.2 Å². The van der Waals surface area contributed by atoms with Gasteiger partial charge in [-0.05, 0) is 19.4 Å². The predicted octanol–water partition coefficient (Wildman–Crippen LogP) is -1.06. The predicted molar refractivity (Wildman–Crippen MR) is 49.7 cm³/mol. The first-order chi connectivity index (χ1) is 6.61. The average molecular weight is 204 g/mol. The second-order valence-electron chi connectivity index (χ2n) is 2.77. The summed E-state index contributed by atoms with van der Waals surface area (Å²) in [5.41, 5.74) is 4.57. The van der Waals surface area contributed by atoms with Crippen molar-refractivity contribution in [2.24, 2.45) is 5.73 Å². The van der Waals surface area contributed by atoms with Gasteiger partial charge < -0.3 is 20.9 Å². The van der Waals surface area contributed by atoms with Crippen molar-refractivity contribution in [1.82, 2.24) is 5.32 Å². The molecule has 0 saturated carbocycles. The van der Waals surface area contributed by atoms with E-state index >= 15 is 0 Å². The molecule has 1 heterocycles. The van der Waals surface area contributed by atoms with Gasteiger partial charge in [0.25, 0.3) is 0 Å². The van der Waals surface area contributed by atoms with Gasteiger partial charge in [0.05, 0.1) is 13.7 Å². The smallest absolute Gasteiger partial charge is 0.322 e. The second kappa shape index (κ2) is 7.28. The molecule has 6 heteroatoms. The van der Waals surface area contributed by atoms with E-state index in [0.29, 0.717) is 0 Å². The lowest BCUT2D eigenvalue weighted by Crippen LogP contribution is -2.31. The Kier molecular flexibility index (Phi) is 6.69. The molecule has 0 aliphatic carbocycles. The summed E-state index contributed by atoms with van der Waals surface area (Å²) in [6, 6.07) is -0.0324. The number of carboxylic acids is 1. The fourth-order valence-electron chi connectivity index (χ4n) is 1.03. The van der Waals surface area contributed by atoms with E-state index in [0.717, 1.165) is 19.4 Å². The molecule has 1 saturated heterocycles. The monoisotopic (exact) mass is 204 g/mol. The lowest BCUT2D eigenvalue weighted by molar-refractivity contribution is -0.142. The molecule has 0 unspecified atom stereocenters. The number of esters is 1. The fraction of sp³-hybridized carbons (Fsp3) is 0.750. The van der Waals surface area contributed by atoms with Crippen LogP contribution in [0.15, 0.2) is 0 Å². The van der Waals surface area contributed by atoms with Crippen molar-refractivity contribution >= 4 is 11.9 Å². The van der Waals surface area contributed by atoms with E-state index in [1.165, 1.54) is 7.11 Å². The molecule has 0 bridgehead atoms. The van der Waals surface area contributed by atoms with E-state index in [2.05, 4.69) is 15.8 Å².